The summed E-state index contributed by atoms with van der Waals surface area (Å²) in [4.78, 5) is 11.5. The van der Waals surface area contributed by atoms with Gasteiger partial charge in [-0.25, -0.2) is 4.79 Å². The Morgan fingerprint density at radius 2 is 2.29 bits per heavy atom. The van der Waals surface area contributed by atoms with Gasteiger partial charge in [-0.3, -0.25) is 0 Å². The maximum absolute atomic E-state index is 11.5. The molecule has 0 saturated carbocycles. The highest BCUT2D eigenvalue weighted by molar-refractivity contribution is 5.77. The van der Waals surface area contributed by atoms with Crippen molar-refractivity contribution in [2.75, 3.05) is 13.7 Å². The molecule has 0 aliphatic heterocycles. The Kier molecular flexibility index (Phi) is 3.17. The molecule has 1 aliphatic carbocycles. The van der Waals surface area contributed by atoms with Gasteiger partial charge in [0.25, 0.3) is 0 Å². The number of aliphatic hydroxyl groups excluding tert-OH is 1. The van der Waals surface area contributed by atoms with Gasteiger partial charge in [0.1, 0.15) is 0 Å². The fourth-order valence-electron chi connectivity index (χ4n) is 2.66. The van der Waals surface area contributed by atoms with Crippen molar-refractivity contribution >= 4 is 5.97 Å². The number of carbonyl (C=O) groups excluding carboxylic acids is 1. The highest BCUT2D eigenvalue weighted by Gasteiger charge is 2.47. The fraction of sp³-hybridized carbons (Fsp3) is 0.462. The van der Waals surface area contributed by atoms with Crippen LogP contribution in [0.4, 0.5) is 0 Å². The van der Waals surface area contributed by atoms with Crippen LogP contribution in [0, 0.1) is 0 Å². The number of ether oxygens (including phenoxy) is 1. The lowest BCUT2D eigenvalue weighted by Gasteiger charge is -2.32. The number of hydrogen-bond donors (Lipinski definition) is 2. The number of esters is 1. The van der Waals surface area contributed by atoms with Crippen molar-refractivity contribution in [1.29, 1.82) is 0 Å². The number of fused-ring (bicyclic) bond motifs is 1. The number of rotatable bonds is 3. The molecule has 0 bridgehead atoms. The second-order valence-corrected chi connectivity index (χ2v) is 4.44. The van der Waals surface area contributed by atoms with Crippen LogP contribution in [0.15, 0.2) is 24.3 Å². The van der Waals surface area contributed by atoms with Gasteiger partial charge in [-0.1, -0.05) is 24.3 Å². The first-order chi connectivity index (χ1) is 8.15. The molecule has 0 fully saturated rings. The van der Waals surface area contributed by atoms with Crippen LogP contribution in [0.3, 0.4) is 0 Å². The fourth-order valence-corrected chi connectivity index (χ4v) is 2.66. The number of carbonyl (C=O) groups is 1. The van der Waals surface area contributed by atoms with Crippen molar-refractivity contribution < 1.29 is 14.6 Å². The third-order valence-corrected chi connectivity index (χ3v) is 3.71. The van der Waals surface area contributed by atoms with Gasteiger partial charge >= 0.3 is 5.97 Å². The Morgan fingerprint density at radius 3 is 2.94 bits per heavy atom. The number of benzene rings is 1. The van der Waals surface area contributed by atoms with Crippen molar-refractivity contribution in [3.8, 4) is 0 Å². The van der Waals surface area contributed by atoms with Crippen molar-refractivity contribution in [2.45, 2.75) is 24.4 Å². The predicted octanol–water partition coefficient (Wildman–Crippen LogP) is 0.363. The molecule has 4 nitrogen and oxygen atoms in total. The van der Waals surface area contributed by atoms with Gasteiger partial charge in [-0.05, 0) is 24.0 Å². The van der Waals surface area contributed by atoms with E-state index in [2.05, 4.69) is 4.74 Å². The molecule has 1 aliphatic rings. The summed E-state index contributed by atoms with van der Waals surface area (Å²) in [5.41, 5.74) is 7.24. The molecule has 0 aromatic heterocycles. The average molecular weight is 235 g/mol. The molecule has 0 spiro atoms. The van der Waals surface area contributed by atoms with E-state index in [1.54, 1.807) is 0 Å². The Labute approximate surface area is 100 Å². The minimum Gasteiger partial charge on any atom is -0.467 e. The SMILES string of the molecule is COC(=O)C(O)C1(CN)CCc2ccccc21. The highest BCUT2D eigenvalue weighted by atomic mass is 16.5. The summed E-state index contributed by atoms with van der Waals surface area (Å²) in [5, 5.41) is 10.2. The quantitative estimate of drug-likeness (QED) is 0.742. The zero-order chi connectivity index (χ0) is 12.5. The van der Waals surface area contributed by atoms with E-state index in [0.717, 1.165) is 17.5 Å². The Hall–Kier alpha value is -1.39. The number of aryl methyl sites for hydroxylation is 1. The second kappa shape index (κ2) is 4.47. The van der Waals surface area contributed by atoms with Gasteiger partial charge in [-0.15, -0.1) is 0 Å². The third-order valence-electron chi connectivity index (χ3n) is 3.71. The van der Waals surface area contributed by atoms with E-state index in [0.29, 0.717) is 6.42 Å². The van der Waals surface area contributed by atoms with Crippen LogP contribution in [-0.2, 0) is 21.4 Å². The summed E-state index contributed by atoms with van der Waals surface area (Å²) in [5.74, 6) is -0.618. The minimum atomic E-state index is -1.19. The lowest BCUT2D eigenvalue weighted by atomic mass is 9.76. The largest absolute Gasteiger partial charge is 0.467 e. The van der Waals surface area contributed by atoms with Crippen LogP contribution < -0.4 is 5.73 Å². The molecular weight excluding hydrogens is 218 g/mol. The standard InChI is InChI=1S/C13H17NO3/c1-17-12(16)11(15)13(8-14)7-6-9-4-2-3-5-10(9)13/h2-5,11,15H,6-8,14H2,1H3. The number of nitrogens with two attached hydrogens (primary N) is 1. The molecule has 2 unspecified atom stereocenters. The normalized spacial score (nSPS) is 24.2. The maximum atomic E-state index is 11.5. The van der Waals surface area contributed by atoms with Gasteiger partial charge in [0.15, 0.2) is 6.10 Å². The van der Waals surface area contributed by atoms with Crippen LogP contribution in [0.2, 0.25) is 0 Å². The summed E-state index contributed by atoms with van der Waals surface area (Å²) in [6, 6.07) is 7.80. The second-order valence-electron chi connectivity index (χ2n) is 4.44. The molecular formula is C13H17NO3. The lowest BCUT2D eigenvalue weighted by Crippen LogP contribution is -2.48. The molecule has 17 heavy (non-hydrogen) atoms. The van der Waals surface area contributed by atoms with Crippen molar-refractivity contribution in [2.24, 2.45) is 5.73 Å². The van der Waals surface area contributed by atoms with Crippen molar-refractivity contribution in [1.82, 2.24) is 0 Å². The Bertz CT molecular complexity index is 432. The number of hydrogen-bond acceptors (Lipinski definition) is 4. The summed E-state index contributed by atoms with van der Waals surface area (Å²) < 4.78 is 4.62. The smallest absolute Gasteiger partial charge is 0.335 e. The first-order valence-corrected chi connectivity index (χ1v) is 5.70. The molecule has 0 saturated heterocycles. The highest BCUT2D eigenvalue weighted by Crippen LogP contribution is 2.41. The maximum Gasteiger partial charge on any atom is 0.335 e. The minimum absolute atomic E-state index is 0.236. The third kappa shape index (κ3) is 1.73. The zero-order valence-electron chi connectivity index (χ0n) is 9.85. The van der Waals surface area contributed by atoms with Gasteiger partial charge in [-0.2, -0.15) is 0 Å². The Balaban J connectivity index is 2.44. The van der Waals surface area contributed by atoms with E-state index in [1.165, 1.54) is 7.11 Å². The molecule has 2 atom stereocenters. The van der Waals surface area contributed by atoms with Crippen molar-refractivity contribution in [3.05, 3.63) is 35.4 Å². The Morgan fingerprint density at radius 1 is 1.59 bits per heavy atom. The molecule has 0 amide bonds. The van der Waals surface area contributed by atoms with Crippen LogP contribution in [0.5, 0.6) is 0 Å². The van der Waals surface area contributed by atoms with Crippen LogP contribution in [0.25, 0.3) is 0 Å². The van der Waals surface area contributed by atoms with Crippen LogP contribution in [0.1, 0.15) is 17.5 Å². The lowest BCUT2D eigenvalue weighted by molar-refractivity contribution is -0.154. The van der Waals surface area contributed by atoms with Crippen LogP contribution >= 0.6 is 0 Å². The molecule has 3 N–H and O–H groups in total. The summed E-state index contributed by atoms with van der Waals surface area (Å²) in [6.45, 7) is 0.236. The molecule has 2 rings (SSSR count). The van der Waals surface area contributed by atoms with Gasteiger partial charge in [0, 0.05) is 12.0 Å². The summed E-state index contributed by atoms with van der Waals surface area (Å²) >= 11 is 0. The van der Waals surface area contributed by atoms with E-state index in [1.807, 2.05) is 24.3 Å². The first-order valence-electron chi connectivity index (χ1n) is 5.70. The van der Waals surface area contributed by atoms with Crippen molar-refractivity contribution in [3.63, 3.8) is 0 Å². The molecule has 0 heterocycles. The van der Waals surface area contributed by atoms with E-state index in [9.17, 15) is 9.90 Å². The summed E-state index contributed by atoms with van der Waals surface area (Å²) in [7, 11) is 1.27. The number of aliphatic hydroxyl groups is 1. The zero-order valence-corrected chi connectivity index (χ0v) is 9.85. The molecule has 4 heteroatoms. The molecule has 1 aromatic rings. The van der Waals surface area contributed by atoms with E-state index >= 15 is 0 Å². The van der Waals surface area contributed by atoms with Crippen LogP contribution in [-0.4, -0.2) is 30.8 Å². The molecule has 1 aromatic carbocycles. The van der Waals surface area contributed by atoms with Gasteiger partial charge < -0.3 is 15.6 Å². The van der Waals surface area contributed by atoms with E-state index in [4.69, 9.17) is 5.73 Å². The monoisotopic (exact) mass is 235 g/mol. The van der Waals surface area contributed by atoms with Gasteiger partial charge in [0.2, 0.25) is 0 Å². The average Bonchev–Trinajstić information content (AvgIpc) is 2.77. The topological polar surface area (TPSA) is 72.5 Å². The predicted molar refractivity (Wildman–Crippen MR) is 63.5 cm³/mol. The van der Waals surface area contributed by atoms with Gasteiger partial charge in [0.05, 0.1) is 7.11 Å². The van der Waals surface area contributed by atoms with E-state index in [-0.39, 0.29) is 6.54 Å². The molecule has 92 valence electrons. The molecule has 0 radical (unpaired) electrons. The number of methoxy groups -OCH3 is 1. The summed E-state index contributed by atoms with van der Waals surface area (Å²) in [6.07, 6.45) is 0.321. The first kappa shape index (κ1) is 12.1. The van der Waals surface area contributed by atoms with E-state index < -0.39 is 17.5 Å².